The molecule has 1 fully saturated rings. The fourth-order valence-corrected chi connectivity index (χ4v) is 3.09. The molecular weight excluding hydrogens is 238 g/mol. The third-order valence-corrected chi connectivity index (χ3v) is 4.16. The standard InChI is InChI=1S/C16H25NO2/c1-12-10-14(19-3)6-7-15(12)16(13(2)11-18)17-8-4-5-9-17/h6-7,10,13,16,18H,4-5,8-9,11H2,1-3H3. The number of aryl methyl sites for hydroxylation is 1. The van der Waals surface area contributed by atoms with Crippen LogP contribution in [0.1, 0.15) is 36.9 Å². The van der Waals surface area contributed by atoms with Gasteiger partial charge in [-0.1, -0.05) is 13.0 Å². The van der Waals surface area contributed by atoms with Crippen LogP contribution in [0.3, 0.4) is 0 Å². The number of methoxy groups -OCH3 is 1. The van der Waals surface area contributed by atoms with Crippen molar-refractivity contribution < 1.29 is 9.84 Å². The van der Waals surface area contributed by atoms with E-state index in [2.05, 4.69) is 30.9 Å². The minimum atomic E-state index is 0.229. The van der Waals surface area contributed by atoms with E-state index in [1.54, 1.807) is 7.11 Å². The van der Waals surface area contributed by atoms with E-state index in [4.69, 9.17) is 4.74 Å². The number of nitrogens with zero attached hydrogens (tertiary/aromatic N) is 1. The Morgan fingerprint density at radius 3 is 2.53 bits per heavy atom. The number of hydrogen-bond acceptors (Lipinski definition) is 3. The number of ether oxygens (including phenoxy) is 1. The first-order chi connectivity index (χ1) is 9.17. The highest BCUT2D eigenvalue weighted by atomic mass is 16.5. The van der Waals surface area contributed by atoms with Crippen LogP contribution in [0.2, 0.25) is 0 Å². The van der Waals surface area contributed by atoms with Crippen molar-refractivity contribution in [3.8, 4) is 5.75 Å². The van der Waals surface area contributed by atoms with Gasteiger partial charge in [0.2, 0.25) is 0 Å². The highest BCUT2D eigenvalue weighted by Gasteiger charge is 2.28. The predicted octanol–water partition coefficient (Wildman–Crippen LogP) is 2.77. The summed E-state index contributed by atoms with van der Waals surface area (Å²) in [6, 6.07) is 6.58. The molecule has 1 heterocycles. The molecule has 0 spiro atoms. The van der Waals surface area contributed by atoms with Gasteiger partial charge in [-0.15, -0.1) is 0 Å². The van der Waals surface area contributed by atoms with Crippen molar-refractivity contribution in [1.29, 1.82) is 0 Å². The summed E-state index contributed by atoms with van der Waals surface area (Å²) in [6.07, 6.45) is 2.54. The van der Waals surface area contributed by atoms with Gasteiger partial charge in [-0.2, -0.15) is 0 Å². The zero-order valence-corrected chi connectivity index (χ0v) is 12.2. The molecule has 0 aromatic heterocycles. The lowest BCUT2D eigenvalue weighted by Crippen LogP contribution is -2.32. The third kappa shape index (κ3) is 3.10. The molecule has 0 amide bonds. The van der Waals surface area contributed by atoms with E-state index in [0.29, 0.717) is 6.04 Å². The minimum absolute atomic E-state index is 0.229. The lowest BCUT2D eigenvalue weighted by Gasteiger charge is -2.33. The molecule has 1 aliphatic rings. The van der Waals surface area contributed by atoms with Gasteiger partial charge >= 0.3 is 0 Å². The van der Waals surface area contributed by atoms with Crippen molar-refractivity contribution in [2.75, 3.05) is 26.8 Å². The van der Waals surface area contributed by atoms with Crippen LogP contribution in [0, 0.1) is 12.8 Å². The Morgan fingerprint density at radius 2 is 2.00 bits per heavy atom. The smallest absolute Gasteiger partial charge is 0.119 e. The summed E-state index contributed by atoms with van der Waals surface area (Å²) in [7, 11) is 1.70. The van der Waals surface area contributed by atoms with Gasteiger partial charge in [-0.25, -0.2) is 0 Å². The van der Waals surface area contributed by atoms with Crippen molar-refractivity contribution in [3.63, 3.8) is 0 Å². The Morgan fingerprint density at radius 1 is 1.32 bits per heavy atom. The maximum atomic E-state index is 9.57. The SMILES string of the molecule is COc1ccc(C(C(C)CO)N2CCCC2)c(C)c1. The first-order valence-electron chi connectivity index (χ1n) is 7.16. The molecular formula is C16H25NO2. The van der Waals surface area contributed by atoms with Crippen LogP contribution in [0.5, 0.6) is 5.75 Å². The van der Waals surface area contributed by atoms with Crippen LogP contribution in [0.25, 0.3) is 0 Å². The number of hydrogen-bond donors (Lipinski definition) is 1. The molecule has 106 valence electrons. The number of rotatable bonds is 5. The van der Waals surface area contributed by atoms with Gasteiger partial charge in [0, 0.05) is 12.6 Å². The molecule has 1 aromatic carbocycles. The van der Waals surface area contributed by atoms with Gasteiger partial charge in [0.05, 0.1) is 7.11 Å². The number of benzene rings is 1. The van der Waals surface area contributed by atoms with E-state index < -0.39 is 0 Å². The monoisotopic (exact) mass is 263 g/mol. The molecule has 2 rings (SSSR count). The second kappa shape index (κ2) is 6.40. The Kier molecular flexibility index (Phi) is 4.83. The number of aliphatic hydroxyl groups is 1. The molecule has 2 atom stereocenters. The molecule has 0 aliphatic carbocycles. The highest BCUT2D eigenvalue weighted by molar-refractivity contribution is 5.37. The van der Waals surface area contributed by atoms with Gasteiger partial charge in [0.25, 0.3) is 0 Å². The quantitative estimate of drug-likeness (QED) is 0.886. The van der Waals surface area contributed by atoms with Gasteiger partial charge in [0.1, 0.15) is 5.75 Å². The maximum absolute atomic E-state index is 9.57. The molecule has 0 bridgehead atoms. The summed E-state index contributed by atoms with van der Waals surface area (Å²) < 4.78 is 5.28. The molecule has 3 heteroatoms. The van der Waals surface area contributed by atoms with Crippen molar-refractivity contribution in [1.82, 2.24) is 4.90 Å². The molecule has 0 radical (unpaired) electrons. The molecule has 1 N–H and O–H groups in total. The van der Waals surface area contributed by atoms with Crippen LogP contribution in [0.15, 0.2) is 18.2 Å². The van der Waals surface area contributed by atoms with Crippen LogP contribution in [-0.2, 0) is 0 Å². The summed E-state index contributed by atoms with van der Waals surface area (Å²) in [5.41, 5.74) is 2.57. The first kappa shape index (κ1) is 14.4. The summed E-state index contributed by atoms with van der Waals surface area (Å²) in [5, 5.41) is 9.57. The van der Waals surface area contributed by atoms with Gasteiger partial charge < -0.3 is 9.84 Å². The van der Waals surface area contributed by atoms with Crippen molar-refractivity contribution in [3.05, 3.63) is 29.3 Å². The lowest BCUT2D eigenvalue weighted by molar-refractivity contribution is 0.125. The first-order valence-corrected chi connectivity index (χ1v) is 7.16. The van der Waals surface area contributed by atoms with E-state index in [9.17, 15) is 5.11 Å². The summed E-state index contributed by atoms with van der Waals surface area (Å²) in [4.78, 5) is 2.51. The largest absolute Gasteiger partial charge is 0.497 e. The maximum Gasteiger partial charge on any atom is 0.119 e. The second-order valence-corrected chi connectivity index (χ2v) is 5.57. The van der Waals surface area contributed by atoms with Crippen molar-refractivity contribution >= 4 is 0 Å². The summed E-state index contributed by atoms with van der Waals surface area (Å²) in [6.45, 7) is 6.77. The minimum Gasteiger partial charge on any atom is -0.497 e. The van der Waals surface area contributed by atoms with E-state index >= 15 is 0 Å². The lowest BCUT2D eigenvalue weighted by atomic mass is 9.90. The van der Waals surface area contributed by atoms with Gasteiger partial charge in [0.15, 0.2) is 0 Å². The van der Waals surface area contributed by atoms with E-state index in [1.165, 1.54) is 24.0 Å². The molecule has 1 aliphatic heterocycles. The number of likely N-dealkylation sites (tertiary alicyclic amines) is 1. The topological polar surface area (TPSA) is 32.7 Å². The fourth-order valence-electron chi connectivity index (χ4n) is 3.09. The highest BCUT2D eigenvalue weighted by Crippen LogP contribution is 2.34. The molecule has 1 saturated heterocycles. The zero-order valence-electron chi connectivity index (χ0n) is 12.2. The van der Waals surface area contributed by atoms with Gasteiger partial charge in [-0.05, 0) is 62.0 Å². The van der Waals surface area contributed by atoms with E-state index in [0.717, 1.165) is 18.8 Å². The van der Waals surface area contributed by atoms with Crippen molar-refractivity contribution in [2.45, 2.75) is 32.7 Å². The average molecular weight is 263 g/mol. The molecule has 0 saturated carbocycles. The Bertz CT molecular complexity index is 413. The van der Waals surface area contributed by atoms with Crippen LogP contribution < -0.4 is 4.74 Å². The average Bonchev–Trinajstić information content (AvgIpc) is 2.94. The molecule has 3 nitrogen and oxygen atoms in total. The Hall–Kier alpha value is -1.06. The predicted molar refractivity (Wildman–Crippen MR) is 77.5 cm³/mol. The van der Waals surface area contributed by atoms with Crippen molar-refractivity contribution in [2.24, 2.45) is 5.92 Å². The normalized spacial score (nSPS) is 19.4. The van der Waals surface area contributed by atoms with E-state index in [1.807, 2.05) is 6.07 Å². The Balaban J connectivity index is 2.31. The summed E-state index contributed by atoms with van der Waals surface area (Å²) >= 11 is 0. The van der Waals surface area contributed by atoms with Crippen LogP contribution in [-0.4, -0.2) is 36.8 Å². The van der Waals surface area contributed by atoms with Gasteiger partial charge in [-0.3, -0.25) is 4.90 Å². The number of aliphatic hydroxyl groups excluding tert-OH is 1. The zero-order chi connectivity index (χ0) is 13.8. The summed E-state index contributed by atoms with van der Waals surface area (Å²) in [5.74, 6) is 1.16. The fraction of sp³-hybridized carbons (Fsp3) is 0.625. The van der Waals surface area contributed by atoms with E-state index in [-0.39, 0.29) is 12.5 Å². The second-order valence-electron chi connectivity index (χ2n) is 5.57. The van der Waals surface area contributed by atoms with Crippen LogP contribution >= 0.6 is 0 Å². The Labute approximate surface area is 116 Å². The molecule has 19 heavy (non-hydrogen) atoms. The molecule has 2 unspecified atom stereocenters. The van der Waals surface area contributed by atoms with Crippen LogP contribution in [0.4, 0.5) is 0 Å². The molecule has 1 aromatic rings. The third-order valence-electron chi connectivity index (χ3n) is 4.16.